The minimum absolute atomic E-state index is 0.204. The second-order valence-electron chi connectivity index (χ2n) is 5.92. The fraction of sp³-hybridized carbons (Fsp3) is 0.562. The zero-order valence-corrected chi connectivity index (χ0v) is 13.7. The number of nitrogens with zero attached hydrogens (tertiary/aromatic N) is 1. The second kappa shape index (κ2) is 7.74. The third-order valence-electron chi connectivity index (χ3n) is 3.96. The quantitative estimate of drug-likeness (QED) is 0.863. The number of halogens is 3. The highest BCUT2D eigenvalue weighted by atomic mass is 19.4. The zero-order valence-electron chi connectivity index (χ0n) is 13.7. The zero-order chi connectivity index (χ0) is 17.7. The normalized spacial score (nSPS) is 19.8. The Morgan fingerprint density at radius 3 is 2.79 bits per heavy atom. The van der Waals surface area contributed by atoms with Crippen LogP contribution in [-0.4, -0.2) is 49.9 Å². The molecule has 1 fully saturated rings. The number of rotatable bonds is 5. The first-order valence-electron chi connectivity index (χ1n) is 7.77. The Hall–Kier alpha value is -1.96. The summed E-state index contributed by atoms with van der Waals surface area (Å²) in [6.07, 6.45) is -3.71. The number of benzene rings is 1. The van der Waals surface area contributed by atoms with Crippen molar-refractivity contribution in [1.82, 2.24) is 15.5 Å². The molecule has 1 aromatic carbocycles. The van der Waals surface area contributed by atoms with E-state index in [2.05, 4.69) is 10.6 Å². The third-order valence-corrected chi connectivity index (χ3v) is 3.96. The van der Waals surface area contributed by atoms with Crippen LogP contribution in [0.15, 0.2) is 24.3 Å². The Balaban J connectivity index is 1.83. The molecule has 2 rings (SSSR count). The number of carbonyl (C=O) groups excluding carboxylic acids is 1. The first-order chi connectivity index (χ1) is 11.3. The van der Waals surface area contributed by atoms with Crippen LogP contribution in [0, 0.1) is 0 Å². The van der Waals surface area contributed by atoms with Crippen molar-refractivity contribution >= 4 is 6.03 Å². The van der Waals surface area contributed by atoms with E-state index in [0.717, 1.165) is 5.56 Å². The third kappa shape index (κ3) is 5.30. The Kier molecular flexibility index (Phi) is 5.93. The first kappa shape index (κ1) is 18.4. The van der Waals surface area contributed by atoms with Gasteiger partial charge in [-0.1, -0.05) is 18.2 Å². The molecule has 1 aliphatic rings. The highest BCUT2D eigenvalue weighted by molar-refractivity contribution is 5.75. The summed E-state index contributed by atoms with van der Waals surface area (Å²) in [6.45, 7) is 1.41. The highest BCUT2D eigenvalue weighted by Crippen LogP contribution is 2.24. The van der Waals surface area contributed by atoms with Crippen molar-refractivity contribution < 1.29 is 22.7 Å². The van der Waals surface area contributed by atoms with Crippen LogP contribution in [-0.2, 0) is 0 Å². The van der Waals surface area contributed by atoms with Gasteiger partial charge in [0.2, 0.25) is 0 Å². The number of urea groups is 1. The molecule has 2 atom stereocenters. The highest BCUT2D eigenvalue weighted by Gasteiger charge is 2.34. The van der Waals surface area contributed by atoms with E-state index >= 15 is 0 Å². The number of hydrogen-bond donors (Lipinski definition) is 2. The van der Waals surface area contributed by atoms with Gasteiger partial charge in [-0.25, -0.2) is 4.79 Å². The van der Waals surface area contributed by atoms with Crippen LogP contribution in [0.2, 0.25) is 0 Å². The molecule has 0 unspecified atom stereocenters. The SMILES string of the molecule is COc1ccccc1[C@H](C)NC(=O)N[C@@H]1CCN(CC(F)(F)F)C1. The van der Waals surface area contributed by atoms with Gasteiger partial charge in [0.25, 0.3) is 0 Å². The van der Waals surface area contributed by atoms with Gasteiger partial charge < -0.3 is 15.4 Å². The number of nitrogens with one attached hydrogen (secondary N) is 2. The predicted molar refractivity (Wildman–Crippen MR) is 84.0 cm³/mol. The van der Waals surface area contributed by atoms with E-state index in [1.807, 2.05) is 25.1 Å². The van der Waals surface area contributed by atoms with Crippen LogP contribution in [0.4, 0.5) is 18.0 Å². The fourth-order valence-corrected chi connectivity index (χ4v) is 2.87. The maximum absolute atomic E-state index is 12.4. The lowest BCUT2D eigenvalue weighted by Gasteiger charge is -2.20. The van der Waals surface area contributed by atoms with Gasteiger partial charge in [0.1, 0.15) is 5.75 Å². The van der Waals surface area contributed by atoms with Gasteiger partial charge in [0.05, 0.1) is 19.7 Å². The molecule has 5 nitrogen and oxygen atoms in total. The summed E-state index contributed by atoms with van der Waals surface area (Å²) in [6, 6.07) is 6.38. The van der Waals surface area contributed by atoms with E-state index in [1.54, 1.807) is 13.2 Å². The summed E-state index contributed by atoms with van der Waals surface area (Å²) in [4.78, 5) is 13.4. The van der Waals surface area contributed by atoms with Gasteiger partial charge in [-0.15, -0.1) is 0 Å². The Morgan fingerprint density at radius 2 is 2.12 bits per heavy atom. The van der Waals surface area contributed by atoms with Crippen LogP contribution in [0.3, 0.4) is 0 Å². The molecular formula is C16H22F3N3O2. The van der Waals surface area contributed by atoms with Gasteiger partial charge in [-0.2, -0.15) is 13.2 Å². The summed E-state index contributed by atoms with van der Waals surface area (Å²) in [5.41, 5.74) is 0.834. The molecule has 2 N–H and O–H groups in total. The summed E-state index contributed by atoms with van der Waals surface area (Å²) < 4.78 is 42.4. The van der Waals surface area contributed by atoms with Crippen molar-refractivity contribution in [3.63, 3.8) is 0 Å². The molecule has 0 radical (unpaired) electrons. The Labute approximate surface area is 139 Å². The number of ether oxygens (including phenoxy) is 1. The molecule has 0 aromatic heterocycles. The van der Waals surface area contributed by atoms with E-state index in [1.165, 1.54) is 4.90 Å². The number of methoxy groups -OCH3 is 1. The summed E-state index contributed by atoms with van der Waals surface area (Å²) >= 11 is 0. The van der Waals surface area contributed by atoms with Gasteiger partial charge in [-0.3, -0.25) is 4.90 Å². The minimum Gasteiger partial charge on any atom is -0.496 e. The number of amides is 2. The lowest BCUT2D eigenvalue weighted by atomic mass is 10.1. The lowest BCUT2D eigenvalue weighted by molar-refractivity contribution is -0.143. The van der Waals surface area contributed by atoms with Crippen molar-refractivity contribution in [1.29, 1.82) is 0 Å². The molecule has 0 saturated carbocycles. The van der Waals surface area contributed by atoms with Crippen LogP contribution >= 0.6 is 0 Å². The second-order valence-corrected chi connectivity index (χ2v) is 5.92. The van der Waals surface area contributed by atoms with Crippen molar-refractivity contribution in [2.24, 2.45) is 0 Å². The van der Waals surface area contributed by atoms with E-state index in [0.29, 0.717) is 18.7 Å². The van der Waals surface area contributed by atoms with E-state index in [9.17, 15) is 18.0 Å². The van der Waals surface area contributed by atoms with E-state index in [-0.39, 0.29) is 18.6 Å². The average Bonchev–Trinajstić information content (AvgIpc) is 2.91. The van der Waals surface area contributed by atoms with Gasteiger partial charge >= 0.3 is 12.2 Å². The molecule has 2 amide bonds. The van der Waals surface area contributed by atoms with Gasteiger partial charge in [0, 0.05) is 24.7 Å². The lowest BCUT2D eigenvalue weighted by Crippen LogP contribution is -2.44. The number of hydrogen-bond acceptors (Lipinski definition) is 3. The number of para-hydroxylation sites is 1. The maximum atomic E-state index is 12.4. The monoisotopic (exact) mass is 345 g/mol. The molecule has 24 heavy (non-hydrogen) atoms. The van der Waals surface area contributed by atoms with Crippen molar-refractivity contribution in [2.45, 2.75) is 31.6 Å². The topological polar surface area (TPSA) is 53.6 Å². The van der Waals surface area contributed by atoms with Gasteiger partial charge in [-0.05, 0) is 19.4 Å². The largest absolute Gasteiger partial charge is 0.496 e. The van der Waals surface area contributed by atoms with E-state index < -0.39 is 18.8 Å². The van der Waals surface area contributed by atoms with Crippen molar-refractivity contribution in [3.8, 4) is 5.75 Å². The molecule has 8 heteroatoms. The van der Waals surface area contributed by atoms with Crippen LogP contribution in [0.5, 0.6) is 5.75 Å². The van der Waals surface area contributed by atoms with Crippen LogP contribution in [0.25, 0.3) is 0 Å². The number of likely N-dealkylation sites (tertiary alicyclic amines) is 1. The molecule has 1 aromatic rings. The maximum Gasteiger partial charge on any atom is 0.401 e. The fourth-order valence-electron chi connectivity index (χ4n) is 2.87. The molecule has 1 saturated heterocycles. The summed E-state index contributed by atoms with van der Waals surface area (Å²) in [7, 11) is 1.55. The van der Waals surface area contributed by atoms with Crippen LogP contribution in [0.1, 0.15) is 24.9 Å². The molecule has 0 spiro atoms. The molecule has 1 heterocycles. The smallest absolute Gasteiger partial charge is 0.401 e. The molecule has 0 aliphatic carbocycles. The van der Waals surface area contributed by atoms with Crippen molar-refractivity contribution in [3.05, 3.63) is 29.8 Å². The standard InChI is InChI=1S/C16H22F3N3O2/c1-11(13-5-3-4-6-14(13)24-2)20-15(23)21-12-7-8-22(9-12)10-16(17,18)19/h3-6,11-12H,7-10H2,1-2H3,(H2,20,21,23)/t11-,12+/m0/s1. The number of alkyl halides is 3. The van der Waals surface area contributed by atoms with Crippen LogP contribution < -0.4 is 15.4 Å². The van der Waals surface area contributed by atoms with E-state index in [4.69, 9.17) is 4.74 Å². The Morgan fingerprint density at radius 1 is 1.42 bits per heavy atom. The van der Waals surface area contributed by atoms with Crippen molar-refractivity contribution in [2.75, 3.05) is 26.7 Å². The minimum atomic E-state index is -4.21. The molecular weight excluding hydrogens is 323 g/mol. The van der Waals surface area contributed by atoms with Gasteiger partial charge in [0.15, 0.2) is 0 Å². The molecule has 134 valence electrons. The Bertz CT molecular complexity index is 566. The number of carbonyl (C=O) groups is 1. The summed E-state index contributed by atoms with van der Waals surface area (Å²) in [5.74, 6) is 0.669. The molecule has 1 aliphatic heterocycles. The summed E-state index contributed by atoms with van der Waals surface area (Å²) in [5, 5.41) is 5.52. The average molecular weight is 345 g/mol. The predicted octanol–water partition coefficient (Wildman–Crippen LogP) is 2.69. The molecule has 0 bridgehead atoms. The first-order valence-corrected chi connectivity index (χ1v) is 7.77.